The maximum absolute atomic E-state index is 2.41. The zero-order valence-corrected chi connectivity index (χ0v) is 12.6. The maximum Gasteiger partial charge on any atom is -0.0170 e. The van der Waals surface area contributed by atoms with Gasteiger partial charge in [0, 0.05) is 0 Å². The highest BCUT2D eigenvalue weighted by atomic mass is 14.4. The lowest BCUT2D eigenvalue weighted by molar-refractivity contribution is 0.259. The van der Waals surface area contributed by atoms with Gasteiger partial charge < -0.3 is 0 Å². The van der Waals surface area contributed by atoms with Crippen molar-refractivity contribution in [1.82, 2.24) is 0 Å². The highest BCUT2D eigenvalue weighted by Gasteiger charge is 2.35. The first kappa shape index (κ1) is 13.8. The molecule has 0 amide bonds. The smallest absolute Gasteiger partial charge is 0.0170 e. The summed E-state index contributed by atoms with van der Waals surface area (Å²) < 4.78 is 0. The van der Waals surface area contributed by atoms with E-state index >= 15 is 0 Å². The van der Waals surface area contributed by atoms with Crippen LogP contribution < -0.4 is 0 Å². The zero-order chi connectivity index (χ0) is 12.8. The molecule has 0 heterocycles. The fourth-order valence-electron chi connectivity index (χ4n) is 2.83. The van der Waals surface area contributed by atoms with Crippen molar-refractivity contribution in [3.8, 4) is 0 Å². The SMILES string of the molecule is CC1(C)CCC(C(C)(C)C)=C(C(C)(C)C)C1. The number of hydrogen-bond donors (Lipinski definition) is 0. The molecule has 0 N–H and O–H groups in total. The molecule has 0 saturated heterocycles. The lowest BCUT2D eigenvalue weighted by Crippen LogP contribution is -2.29. The molecule has 94 valence electrons. The fourth-order valence-corrected chi connectivity index (χ4v) is 2.83. The van der Waals surface area contributed by atoms with Gasteiger partial charge in [0.15, 0.2) is 0 Å². The van der Waals surface area contributed by atoms with Crippen LogP contribution in [0.25, 0.3) is 0 Å². The minimum atomic E-state index is 0.334. The third kappa shape index (κ3) is 3.12. The third-order valence-electron chi connectivity index (χ3n) is 3.88. The van der Waals surface area contributed by atoms with E-state index < -0.39 is 0 Å². The molecule has 0 unspecified atom stereocenters. The first-order chi connectivity index (χ1) is 6.93. The van der Waals surface area contributed by atoms with Gasteiger partial charge in [-0.25, -0.2) is 0 Å². The Morgan fingerprint density at radius 2 is 1.25 bits per heavy atom. The molecule has 0 nitrogen and oxygen atoms in total. The molecule has 0 bridgehead atoms. The monoisotopic (exact) mass is 222 g/mol. The van der Waals surface area contributed by atoms with Crippen molar-refractivity contribution < 1.29 is 0 Å². The lowest BCUT2D eigenvalue weighted by atomic mass is 9.63. The molecule has 0 radical (unpaired) electrons. The Hall–Kier alpha value is -0.260. The first-order valence-corrected chi connectivity index (χ1v) is 6.66. The van der Waals surface area contributed by atoms with Crippen LogP contribution in [-0.4, -0.2) is 0 Å². The van der Waals surface area contributed by atoms with Crippen LogP contribution in [0.1, 0.15) is 74.7 Å². The summed E-state index contributed by atoms with van der Waals surface area (Å²) in [5.74, 6) is 0. The van der Waals surface area contributed by atoms with Gasteiger partial charge in [-0.2, -0.15) is 0 Å². The minimum absolute atomic E-state index is 0.334. The molecule has 0 fully saturated rings. The second-order valence-electron chi connectivity index (χ2n) is 8.30. The van der Waals surface area contributed by atoms with Gasteiger partial charge in [0.25, 0.3) is 0 Å². The van der Waals surface area contributed by atoms with Crippen LogP contribution in [0.3, 0.4) is 0 Å². The molecular weight excluding hydrogens is 192 g/mol. The van der Waals surface area contributed by atoms with Gasteiger partial charge in [-0.3, -0.25) is 0 Å². The number of allylic oxidation sites excluding steroid dienone is 2. The predicted molar refractivity (Wildman–Crippen MR) is 73.6 cm³/mol. The average Bonchev–Trinajstić information content (AvgIpc) is 1.97. The van der Waals surface area contributed by atoms with E-state index in [0.29, 0.717) is 16.2 Å². The molecule has 0 atom stereocenters. The van der Waals surface area contributed by atoms with Crippen LogP contribution >= 0.6 is 0 Å². The van der Waals surface area contributed by atoms with Crippen molar-refractivity contribution >= 4 is 0 Å². The van der Waals surface area contributed by atoms with Gasteiger partial charge in [0.1, 0.15) is 0 Å². The van der Waals surface area contributed by atoms with Crippen molar-refractivity contribution in [1.29, 1.82) is 0 Å². The molecule has 0 aromatic carbocycles. The highest BCUT2D eigenvalue weighted by Crippen LogP contribution is 2.49. The van der Waals surface area contributed by atoms with Gasteiger partial charge in [0.05, 0.1) is 0 Å². The van der Waals surface area contributed by atoms with Crippen LogP contribution in [0.2, 0.25) is 0 Å². The summed E-state index contributed by atoms with van der Waals surface area (Å²) in [5.41, 5.74) is 4.62. The van der Waals surface area contributed by atoms with E-state index in [1.54, 1.807) is 11.1 Å². The summed E-state index contributed by atoms with van der Waals surface area (Å²) in [5, 5.41) is 0. The maximum atomic E-state index is 2.41. The van der Waals surface area contributed by atoms with Gasteiger partial charge in [-0.1, -0.05) is 66.5 Å². The van der Waals surface area contributed by atoms with E-state index in [0.717, 1.165) is 0 Å². The summed E-state index contributed by atoms with van der Waals surface area (Å²) >= 11 is 0. The van der Waals surface area contributed by atoms with Crippen LogP contribution in [0.15, 0.2) is 11.1 Å². The summed E-state index contributed by atoms with van der Waals surface area (Å²) in [4.78, 5) is 0. The Morgan fingerprint density at radius 1 is 0.812 bits per heavy atom. The van der Waals surface area contributed by atoms with Crippen LogP contribution in [0, 0.1) is 16.2 Å². The largest absolute Gasteiger partial charge is 0.0651 e. The third-order valence-corrected chi connectivity index (χ3v) is 3.88. The van der Waals surface area contributed by atoms with E-state index in [1.807, 2.05) is 0 Å². The van der Waals surface area contributed by atoms with E-state index in [9.17, 15) is 0 Å². The van der Waals surface area contributed by atoms with E-state index in [1.165, 1.54) is 19.3 Å². The van der Waals surface area contributed by atoms with Gasteiger partial charge in [0.2, 0.25) is 0 Å². The second kappa shape index (κ2) is 3.89. The molecule has 1 aliphatic carbocycles. The summed E-state index contributed by atoms with van der Waals surface area (Å²) in [6.45, 7) is 19.0. The number of rotatable bonds is 0. The van der Waals surface area contributed by atoms with Crippen molar-refractivity contribution in [2.75, 3.05) is 0 Å². The van der Waals surface area contributed by atoms with Crippen LogP contribution in [0.5, 0.6) is 0 Å². The number of hydrogen-bond acceptors (Lipinski definition) is 0. The van der Waals surface area contributed by atoms with E-state index in [2.05, 4.69) is 55.4 Å². The van der Waals surface area contributed by atoms with Crippen LogP contribution in [-0.2, 0) is 0 Å². The molecule has 0 saturated carbocycles. The van der Waals surface area contributed by atoms with Gasteiger partial charge in [-0.05, 0) is 35.5 Å². The van der Waals surface area contributed by atoms with Crippen molar-refractivity contribution in [2.45, 2.75) is 74.7 Å². The van der Waals surface area contributed by atoms with Crippen LogP contribution in [0.4, 0.5) is 0 Å². The molecule has 0 spiro atoms. The van der Waals surface area contributed by atoms with Gasteiger partial charge in [-0.15, -0.1) is 0 Å². The summed E-state index contributed by atoms with van der Waals surface area (Å²) in [6, 6.07) is 0. The van der Waals surface area contributed by atoms with E-state index in [-0.39, 0.29) is 0 Å². The van der Waals surface area contributed by atoms with Gasteiger partial charge >= 0.3 is 0 Å². The lowest BCUT2D eigenvalue weighted by Gasteiger charge is -2.42. The second-order valence-corrected chi connectivity index (χ2v) is 8.30. The molecular formula is C16H30. The van der Waals surface area contributed by atoms with Crippen molar-refractivity contribution in [3.63, 3.8) is 0 Å². The molecule has 0 aromatic heterocycles. The Bertz CT molecular complexity index is 289. The zero-order valence-electron chi connectivity index (χ0n) is 12.6. The topological polar surface area (TPSA) is 0 Å². The average molecular weight is 222 g/mol. The minimum Gasteiger partial charge on any atom is -0.0651 e. The van der Waals surface area contributed by atoms with Crippen molar-refractivity contribution in [2.24, 2.45) is 16.2 Å². The molecule has 1 aliphatic rings. The predicted octanol–water partition coefficient (Wildman–Crippen LogP) is 5.59. The standard InChI is InChI=1S/C16H30/c1-14(2,3)12-9-10-16(7,8)11-13(12)15(4,5)6/h9-11H2,1-8H3. The highest BCUT2D eigenvalue weighted by molar-refractivity contribution is 5.28. The Labute approximate surface area is 103 Å². The van der Waals surface area contributed by atoms with E-state index in [4.69, 9.17) is 0 Å². The Morgan fingerprint density at radius 3 is 1.62 bits per heavy atom. The Kier molecular flexibility index (Phi) is 3.36. The molecule has 0 aromatic rings. The quantitative estimate of drug-likeness (QED) is 0.469. The fraction of sp³-hybridized carbons (Fsp3) is 0.875. The molecule has 16 heavy (non-hydrogen) atoms. The normalized spacial score (nSPS) is 22.5. The Balaban J connectivity index is 3.21. The first-order valence-electron chi connectivity index (χ1n) is 6.66. The summed E-state index contributed by atoms with van der Waals surface area (Å²) in [6.07, 6.45) is 3.92. The molecule has 0 aliphatic heterocycles. The summed E-state index contributed by atoms with van der Waals surface area (Å²) in [7, 11) is 0. The molecule has 0 heteroatoms. The van der Waals surface area contributed by atoms with Crippen molar-refractivity contribution in [3.05, 3.63) is 11.1 Å². The molecule has 1 rings (SSSR count).